The minimum absolute atomic E-state index is 0.106. The van der Waals surface area contributed by atoms with Crippen LogP contribution in [0.15, 0.2) is 12.2 Å². The first kappa shape index (κ1) is 7.23. The number of hydrogen-bond donors (Lipinski definition) is 1. The largest absolute Gasteiger partial charge is 0.362 e. The van der Waals surface area contributed by atoms with Crippen molar-refractivity contribution in [1.29, 1.82) is 0 Å². The number of carbonyl (C=O) groups excluding carboxylic acids is 1. The highest BCUT2D eigenvalue weighted by Gasteiger charge is 2.24. The van der Waals surface area contributed by atoms with Crippen LogP contribution in [0.25, 0.3) is 0 Å². The van der Waals surface area contributed by atoms with Gasteiger partial charge in [-0.1, -0.05) is 6.58 Å². The van der Waals surface area contributed by atoms with Crippen LogP contribution in [0.5, 0.6) is 0 Å². The van der Waals surface area contributed by atoms with Gasteiger partial charge in [0.05, 0.1) is 6.61 Å². The summed E-state index contributed by atoms with van der Waals surface area (Å²) >= 11 is 0. The van der Waals surface area contributed by atoms with E-state index in [2.05, 4.69) is 10.8 Å². The molecule has 0 spiro atoms. The highest BCUT2D eigenvalue weighted by atomic mass is 32.2. The molecular formula is C4H5NO4S. The summed E-state index contributed by atoms with van der Waals surface area (Å²) in [5.74, 6) is -0.703. The monoisotopic (exact) mass is 163 g/mol. The predicted octanol–water partition coefficient (Wildman–Crippen LogP) is -1.07. The second kappa shape index (κ2) is 2.06. The van der Waals surface area contributed by atoms with Crippen LogP contribution < -0.4 is 4.72 Å². The minimum Gasteiger partial charge on any atom is -0.268 e. The van der Waals surface area contributed by atoms with Crippen molar-refractivity contribution in [3.05, 3.63) is 12.2 Å². The van der Waals surface area contributed by atoms with Gasteiger partial charge in [-0.05, 0) is 0 Å². The molecule has 0 saturated carbocycles. The van der Waals surface area contributed by atoms with Gasteiger partial charge in [0, 0.05) is 5.57 Å². The zero-order valence-electron chi connectivity index (χ0n) is 4.96. The average Bonchev–Trinajstić information content (AvgIpc) is 1.79. The molecule has 5 nitrogen and oxygen atoms in total. The molecule has 1 aliphatic heterocycles. The van der Waals surface area contributed by atoms with Gasteiger partial charge in [0.1, 0.15) is 0 Å². The molecule has 0 bridgehead atoms. The lowest BCUT2D eigenvalue weighted by molar-refractivity contribution is -0.116. The molecule has 0 aromatic rings. The van der Waals surface area contributed by atoms with Crippen molar-refractivity contribution in [2.75, 3.05) is 6.61 Å². The highest BCUT2D eigenvalue weighted by Crippen LogP contribution is 2.03. The van der Waals surface area contributed by atoms with E-state index < -0.39 is 16.2 Å². The molecule has 1 N–H and O–H groups in total. The van der Waals surface area contributed by atoms with Gasteiger partial charge in [0.25, 0.3) is 5.91 Å². The maximum atomic E-state index is 10.5. The Labute approximate surface area is 57.9 Å². The van der Waals surface area contributed by atoms with E-state index in [-0.39, 0.29) is 12.2 Å². The van der Waals surface area contributed by atoms with E-state index in [9.17, 15) is 13.2 Å². The fourth-order valence-electron chi connectivity index (χ4n) is 0.429. The molecule has 56 valence electrons. The molecule has 0 unspecified atom stereocenters. The molecule has 1 amide bonds. The molecule has 0 aliphatic carbocycles. The van der Waals surface area contributed by atoms with Crippen molar-refractivity contribution >= 4 is 16.2 Å². The molecule has 6 heteroatoms. The molecule has 1 aliphatic rings. The number of nitrogens with one attached hydrogen (secondary N) is 1. The Morgan fingerprint density at radius 1 is 1.60 bits per heavy atom. The van der Waals surface area contributed by atoms with Crippen molar-refractivity contribution in [2.24, 2.45) is 0 Å². The second-order valence-corrected chi connectivity index (χ2v) is 3.10. The van der Waals surface area contributed by atoms with Gasteiger partial charge in [-0.25, -0.2) is 8.91 Å². The fraction of sp³-hybridized carbons (Fsp3) is 0.250. The van der Waals surface area contributed by atoms with Crippen molar-refractivity contribution in [1.82, 2.24) is 4.72 Å². The summed E-state index contributed by atoms with van der Waals surface area (Å²) in [5.41, 5.74) is 0.106. The molecule has 0 aromatic carbocycles. The van der Waals surface area contributed by atoms with Gasteiger partial charge in [-0.3, -0.25) is 4.79 Å². The van der Waals surface area contributed by atoms with Crippen LogP contribution in [0, 0.1) is 0 Å². The zero-order chi connectivity index (χ0) is 7.78. The maximum absolute atomic E-state index is 10.5. The summed E-state index contributed by atoms with van der Waals surface area (Å²) < 4.78 is 26.6. The molecule has 1 saturated heterocycles. The Morgan fingerprint density at radius 3 is 2.60 bits per heavy atom. The molecule has 0 aromatic heterocycles. The lowest BCUT2D eigenvalue weighted by atomic mass is 10.3. The smallest absolute Gasteiger partial charge is 0.268 e. The average molecular weight is 163 g/mol. The molecule has 1 rings (SSSR count). The Balaban J connectivity index is 2.86. The summed E-state index contributed by atoms with van der Waals surface area (Å²) in [7, 11) is -3.83. The van der Waals surface area contributed by atoms with Crippen molar-refractivity contribution in [3.63, 3.8) is 0 Å². The third-order valence-corrected chi connectivity index (χ3v) is 1.79. The normalized spacial score (nSPS) is 24.0. The SMILES string of the molecule is C=C1COS(=O)(=O)NC1=O. The highest BCUT2D eigenvalue weighted by molar-refractivity contribution is 7.85. The van der Waals surface area contributed by atoms with E-state index in [1.54, 1.807) is 4.72 Å². The Morgan fingerprint density at radius 2 is 2.20 bits per heavy atom. The van der Waals surface area contributed by atoms with Gasteiger partial charge in [-0.2, -0.15) is 8.42 Å². The summed E-state index contributed by atoms with van der Waals surface area (Å²) in [4.78, 5) is 10.5. The van der Waals surface area contributed by atoms with E-state index in [0.717, 1.165) is 0 Å². The van der Waals surface area contributed by atoms with Gasteiger partial charge < -0.3 is 0 Å². The quantitative estimate of drug-likeness (QED) is 0.462. The molecule has 1 heterocycles. The first-order chi connectivity index (χ1) is 4.51. The van der Waals surface area contributed by atoms with E-state index in [4.69, 9.17) is 0 Å². The van der Waals surface area contributed by atoms with Crippen LogP contribution in [0.1, 0.15) is 0 Å². The van der Waals surface area contributed by atoms with Crippen LogP contribution >= 0.6 is 0 Å². The third-order valence-electron chi connectivity index (χ3n) is 0.927. The maximum Gasteiger partial charge on any atom is 0.362 e. The standard InChI is InChI=1S/C4H5NO4S/c1-3-2-9-10(7,8)5-4(3)6/h1-2H2,(H,5,6). The first-order valence-corrected chi connectivity index (χ1v) is 3.81. The van der Waals surface area contributed by atoms with Crippen molar-refractivity contribution in [2.45, 2.75) is 0 Å². The number of amides is 1. The zero-order valence-corrected chi connectivity index (χ0v) is 5.77. The van der Waals surface area contributed by atoms with Crippen LogP contribution in [-0.4, -0.2) is 20.9 Å². The topological polar surface area (TPSA) is 72.5 Å². The molecule has 0 radical (unpaired) electrons. The summed E-state index contributed by atoms with van der Waals surface area (Å²) in [6.45, 7) is 3.00. The lowest BCUT2D eigenvalue weighted by Gasteiger charge is -2.13. The fourth-order valence-corrected chi connectivity index (χ4v) is 1.16. The Hall–Kier alpha value is -0.880. The predicted molar refractivity (Wildman–Crippen MR) is 32.2 cm³/mol. The summed E-state index contributed by atoms with van der Waals surface area (Å²) in [6, 6.07) is 0. The molecule has 1 fully saturated rings. The van der Waals surface area contributed by atoms with Crippen LogP contribution in [0.4, 0.5) is 0 Å². The summed E-state index contributed by atoms with van der Waals surface area (Å²) in [5, 5.41) is 0. The van der Waals surface area contributed by atoms with E-state index in [0.29, 0.717) is 0 Å². The van der Waals surface area contributed by atoms with Gasteiger partial charge >= 0.3 is 10.3 Å². The van der Waals surface area contributed by atoms with Gasteiger partial charge in [-0.15, -0.1) is 0 Å². The molecule has 10 heavy (non-hydrogen) atoms. The molecular weight excluding hydrogens is 158 g/mol. The lowest BCUT2D eigenvalue weighted by Crippen LogP contribution is -2.39. The minimum atomic E-state index is -3.83. The van der Waals surface area contributed by atoms with Crippen LogP contribution in [0.2, 0.25) is 0 Å². The van der Waals surface area contributed by atoms with Crippen LogP contribution in [-0.2, 0) is 19.3 Å². The van der Waals surface area contributed by atoms with Crippen molar-refractivity contribution < 1.29 is 17.4 Å². The Bertz CT molecular complexity index is 278. The number of rotatable bonds is 0. The summed E-state index contributed by atoms with van der Waals surface area (Å²) in [6.07, 6.45) is 0. The second-order valence-electron chi connectivity index (χ2n) is 1.75. The molecule has 0 atom stereocenters. The van der Waals surface area contributed by atoms with Gasteiger partial charge in [0.2, 0.25) is 0 Å². The van der Waals surface area contributed by atoms with E-state index in [1.807, 2.05) is 0 Å². The first-order valence-electron chi connectivity index (χ1n) is 2.40. The van der Waals surface area contributed by atoms with Gasteiger partial charge in [0.15, 0.2) is 0 Å². The number of hydrogen-bond acceptors (Lipinski definition) is 4. The van der Waals surface area contributed by atoms with E-state index in [1.165, 1.54) is 0 Å². The number of carbonyl (C=O) groups is 1. The Kier molecular flexibility index (Phi) is 1.49. The van der Waals surface area contributed by atoms with E-state index >= 15 is 0 Å². The van der Waals surface area contributed by atoms with Crippen molar-refractivity contribution in [3.8, 4) is 0 Å². The third kappa shape index (κ3) is 1.34. The van der Waals surface area contributed by atoms with Crippen LogP contribution in [0.3, 0.4) is 0 Å².